The van der Waals surface area contributed by atoms with Gasteiger partial charge < -0.3 is 9.47 Å². The van der Waals surface area contributed by atoms with Gasteiger partial charge in [-0.1, -0.05) is 17.7 Å². The average Bonchev–Trinajstić information content (AvgIpc) is 3.03. The van der Waals surface area contributed by atoms with Gasteiger partial charge in [-0.25, -0.2) is 22.0 Å². The molecule has 0 atom stereocenters. The summed E-state index contributed by atoms with van der Waals surface area (Å²) in [5, 5.41) is 0. The molecular weight excluding hydrogens is 410 g/mol. The topological polar surface area (TPSA) is 109 Å². The number of carbonyl (C=O) groups is 3. The number of nitrogens with zero attached hydrogens (tertiary/aromatic N) is 1. The third-order valence-electron chi connectivity index (χ3n) is 4.23. The van der Waals surface area contributed by atoms with Crippen LogP contribution in [-0.4, -0.2) is 43.8 Å². The van der Waals surface area contributed by atoms with Crippen molar-refractivity contribution in [1.29, 1.82) is 0 Å². The van der Waals surface area contributed by atoms with E-state index in [1.807, 2.05) is 6.92 Å². The molecule has 0 N–H and O–H groups in total. The molecule has 0 aliphatic rings. The van der Waals surface area contributed by atoms with Crippen LogP contribution in [0.4, 0.5) is 0 Å². The molecule has 8 nitrogen and oxygen atoms in total. The van der Waals surface area contributed by atoms with Crippen LogP contribution in [0.2, 0.25) is 0 Å². The predicted molar refractivity (Wildman–Crippen MR) is 110 cm³/mol. The van der Waals surface area contributed by atoms with Gasteiger partial charge in [0.05, 0.1) is 23.7 Å². The van der Waals surface area contributed by atoms with Gasteiger partial charge in [0.15, 0.2) is 6.29 Å². The highest BCUT2D eigenvalue weighted by Gasteiger charge is 2.28. The first-order valence-electron chi connectivity index (χ1n) is 9.23. The van der Waals surface area contributed by atoms with Crippen LogP contribution < -0.4 is 0 Å². The summed E-state index contributed by atoms with van der Waals surface area (Å²) in [7, 11) is -4.15. The van der Waals surface area contributed by atoms with Gasteiger partial charge in [-0.15, -0.1) is 0 Å². The summed E-state index contributed by atoms with van der Waals surface area (Å²) in [6.45, 7) is 6.59. The summed E-state index contributed by atoms with van der Waals surface area (Å²) in [5.74, 6) is -1.70. The number of aromatic nitrogens is 1. The van der Waals surface area contributed by atoms with Crippen LogP contribution >= 0.6 is 0 Å². The monoisotopic (exact) mass is 433 g/mol. The zero-order valence-corrected chi connectivity index (χ0v) is 18.0. The summed E-state index contributed by atoms with van der Waals surface area (Å²) in [5.41, 5.74) is 0.666. The molecule has 2 aromatic rings. The van der Waals surface area contributed by atoms with Crippen LogP contribution in [0, 0.1) is 13.8 Å². The molecule has 1 aromatic heterocycles. The lowest BCUT2D eigenvalue weighted by atomic mass is 10.1. The lowest BCUT2D eigenvalue weighted by molar-refractivity contribution is -0.139. The molecule has 0 saturated carbocycles. The second kappa shape index (κ2) is 9.53. The van der Waals surface area contributed by atoms with Crippen molar-refractivity contribution in [2.24, 2.45) is 0 Å². The molecule has 1 heterocycles. The Labute approximate surface area is 175 Å². The van der Waals surface area contributed by atoms with Crippen molar-refractivity contribution < 1.29 is 32.3 Å². The third-order valence-corrected chi connectivity index (χ3v) is 6.05. The van der Waals surface area contributed by atoms with Gasteiger partial charge in [0.2, 0.25) is 0 Å². The molecule has 0 amide bonds. The fourth-order valence-electron chi connectivity index (χ4n) is 2.75. The third kappa shape index (κ3) is 4.68. The van der Waals surface area contributed by atoms with E-state index in [1.165, 1.54) is 31.2 Å². The molecule has 0 bridgehead atoms. The van der Waals surface area contributed by atoms with Crippen molar-refractivity contribution in [3.8, 4) is 0 Å². The van der Waals surface area contributed by atoms with Gasteiger partial charge >= 0.3 is 11.9 Å². The Balaban J connectivity index is 2.73. The summed E-state index contributed by atoms with van der Waals surface area (Å²) < 4.78 is 37.2. The number of ether oxygens (including phenoxy) is 2. The smallest absolute Gasteiger partial charge is 0.356 e. The maximum atomic E-state index is 13.3. The van der Waals surface area contributed by atoms with Crippen molar-refractivity contribution in [3.63, 3.8) is 0 Å². The second-order valence-corrected chi connectivity index (χ2v) is 8.10. The van der Waals surface area contributed by atoms with E-state index in [2.05, 4.69) is 0 Å². The van der Waals surface area contributed by atoms with E-state index in [4.69, 9.17) is 9.47 Å². The number of aryl methyl sites for hydroxylation is 1. The molecule has 0 fully saturated rings. The van der Waals surface area contributed by atoms with Crippen molar-refractivity contribution in [2.45, 2.75) is 32.6 Å². The summed E-state index contributed by atoms with van der Waals surface area (Å²) in [4.78, 5) is 35.7. The zero-order chi connectivity index (χ0) is 22.5. The van der Waals surface area contributed by atoms with E-state index in [9.17, 15) is 22.8 Å². The van der Waals surface area contributed by atoms with Crippen molar-refractivity contribution in [1.82, 2.24) is 3.97 Å². The first kappa shape index (κ1) is 23.1. The van der Waals surface area contributed by atoms with Crippen molar-refractivity contribution in [2.75, 3.05) is 13.2 Å². The summed E-state index contributed by atoms with van der Waals surface area (Å²) >= 11 is 0. The second-order valence-electron chi connectivity index (χ2n) is 6.31. The van der Waals surface area contributed by atoms with E-state index in [0.29, 0.717) is 6.29 Å². The molecule has 2 rings (SSSR count). The fraction of sp³-hybridized carbons (Fsp3) is 0.286. The van der Waals surface area contributed by atoms with Crippen LogP contribution in [0.5, 0.6) is 0 Å². The van der Waals surface area contributed by atoms with Crippen molar-refractivity contribution in [3.05, 3.63) is 58.4 Å². The predicted octanol–water partition coefficient (Wildman–Crippen LogP) is 2.66. The van der Waals surface area contributed by atoms with Crippen LogP contribution in [0.15, 0.2) is 40.8 Å². The Kier molecular flexibility index (Phi) is 7.33. The first-order valence-corrected chi connectivity index (χ1v) is 10.7. The quantitative estimate of drug-likeness (QED) is 0.207. The maximum Gasteiger partial charge on any atom is 0.356 e. The molecular formula is C21H23NO7S. The standard InChI is InChI=1S/C21H23NO7S/c1-5-28-20(24)17(13-23)11-16-12-19(21(25)29-6-2)22(15(16)4)30(26,27)18-9-7-14(3)8-10-18/h7-13H,5-6H2,1-4H3/b17-11+. The van der Waals surface area contributed by atoms with E-state index in [-0.39, 0.29) is 40.6 Å². The number of hydrogen-bond acceptors (Lipinski definition) is 7. The molecule has 30 heavy (non-hydrogen) atoms. The minimum absolute atomic E-state index is 0.0196. The number of aldehydes is 1. The summed E-state index contributed by atoms with van der Waals surface area (Å²) in [6, 6.07) is 7.42. The van der Waals surface area contributed by atoms with Gasteiger partial charge in [-0.2, -0.15) is 0 Å². The molecule has 9 heteroatoms. The van der Waals surface area contributed by atoms with Gasteiger partial charge in [-0.05, 0) is 57.5 Å². The van der Waals surface area contributed by atoms with Gasteiger partial charge in [0.25, 0.3) is 10.0 Å². The number of carbonyl (C=O) groups excluding carboxylic acids is 3. The van der Waals surface area contributed by atoms with Crippen LogP contribution in [-0.2, 0) is 29.1 Å². The molecule has 0 spiro atoms. The molecule has 0 saturated heterocycles. The van der Waals surface area contributed by atoms with Gasteiger partial charge in [-0.3, -0.25) is 4.79 Å². The highest BCUT2D eigenvalue weighted by atomic mass is 32.2. The van der Waals surface area contributed by atoms with Crippen molar-refractivity contribution >= 4 is 34.3 Å². The number of rotatable bonds is 8. The lowest BCUT2D eigenvalue weighted by Gasteiger charge is -2.12. The Bertz CT molecular complexity index is 1090. The van der Waals surface area contributed by atoms with Gasteiger partial charge in [0.1, 0.15) is 5.69 Å². The zero-order valence-electron chi connectivity index (χ0n) is 17.2. The van der Waals surface area contributed by atoms with E-state index in [1.54, 1.807) is 26.0 Å². The minimum Gasteiger partial charge on any atom is -0.462 e. The van der Waals surface area contributed by atoms with Crippen LogP contribution in [0.3, 0.4) is 0 Å². The lowest BCUT2D eigenvalue weighted by Crippen LogP contribution is -2.21. The number of esters is 2. The van der Waals surface area contributed by atoms with E-state index < -0.39 is 22.0 Å². The maximum absolute atomic E-state index is 13.3. The van der Waals surface area contributed by atoms with Crippen LogP contribution in [0.1, 0.15) is 41.2 Å². The first-order chi connectivity index (χ1) is 14.2. The SMILES string of the molecule is CCOC(=O)/C(C=O)=C/c1cc(C(=O)OCC)n(S(=O)(=O)c2ccc(C)cc2)c1C. The summed E-state index contributed by atoms with van der Waals surface area (Å²) in [6.07, 6.45) is 1.50. The Morgan fingerprint density at radius 2 is 1.63 bits per heavy atom. The molecule has 1 aromatic carbocycles. The van der Waals surface area contributed by atoms with E-state index >= 15 is 0 Å². The van der Waals surface area contributed by atoms with Gasteiger partial charge in [0, 0.05) is 5.69 Å². The average molecular weight is 433 g/mol. The minimum atomic E-state index is -4.15. The molecule has 0 aliphatic heterocycles. The Hall–Kier alpha value is -3.20. The number of benzene rings is 1. The Morgan fingerprint density at radius 1 is 1.03 bits per heavy atom. The fourth-order valence-corrected chi connectivity index (χ4v) is 4.29. The normalized spacial score (nSPS) is 11.8. The molecule has 0 aliphatic carbocycles. The van der Waals surface area contributed by atoms with Crippen LogP contribution in [0.25, 0.3) is 6.08 Å². The largest absolute Gasteiger partial charge is 0.462 e. The highest BCUT2D eigenvalue weighted by molar-refractivity contribution is 7.90. The Morgan fingerprint density at radius 3 is 2.17 bits per heavy atom. The van der Waals surface area contributed by atoms with E-state index in [0.717, 1.165) is 9.54 Å². The molecule has 0 radical (unpaired) electrons. The number of hydrogen-bond donors (Lipinski definition) is 0. The highest BCUT2D eigenvalue weighted by Crippen LogP contribution is 2.26. The molecule has 0 unspecified atom stereocenters. The molecule has 160 valence electrons.